The van der Waals surface area contributed by atoms with Gasteiger partial charge in [-0.2, -0.15) is 10.4 Å². The molecule has 0 aliphatic rings. The minimum Gasteiger partial charge on any atom is -0.377 e. The van der Waals surface area contributed by atoms with Crippen molar-refractivity contribution in [2.75, 3.05) is 5.32 Å². The Balaban J connectivity index is 2.19. The lowest BCUT2D eigenvalue weighted by Gasteiger charge is -2.07. The SMILES string of the molecule is Cn1ncnc1CNc1ccc([N+](=O)[O-])cc1C#N. The van der Waals surface area contributed by atoms with E-state index in [0.717, 1.165) is 0 Å². The lowest BCUT2D eigenvalue weighted by molar-refractivity contribution is -0.384. The standard InChI is InChI=1S/C11H10N6O2/c1-16-11(14-7-15-16)6-13-10-3-2-9(17(18)19)4-8(10)5-12/h2-4,7,13H,6H2,1H3. The molecule has 1 aromatic carbocycles. The van der Waals surface area contributed by atoms with Crippen LogP contribution in [0.1, 0.15) is 11.4 Å². The third kappa shape index (κ3) is 2.66. The molecule has 2 aromatic rings. The fourth-order valence-corrected chi connectivity index (χ4v) is 1.55. The second-order valence-corrected chi connectivity index (χ2v) is 3.75. The van der Waals surface area contributed by atoms with Crippen LogP contribution in [-0.2, 0) is 13.6 Å². The number of nitriles is 1. The fraction of sp³-hybridized carbons (Fsp3) is 0.182. The van der Waals surface area contributed by atoms with Crippen LogP contribution in [0.2, 0.25) is 0 Å². The first kappa shape index (κ1) is 12.5. The third-order valence-electron chi connectivity index (χ3n) is 2.58. The maximum Gasteiger partial charge on any atom is 0.270 e. The van der Waals surface area contributed by atoms with Crippen LogP contribution in [0.3, 0.4) is 0 Å². The van der Waals surface area contributed by atoms with Gasteiger partial charge in [-0.25, -0.2) is 4.98 Å². The van der Waals surface area contributed by atoms with E-state index in [4.69, 9.17) is 5.26 Å². The molecule has 0 unspecified atom stereocenters. The molecule has 0 aliphatic heterocycles. The normalized spacial score (nSPS) is 9.89. The molecule has 96 valence electrons. The molecule has 0 bridgehead atoms. The molecule has 0 fully saturated rings. The van der Waals surface area contributed by atoms with Crippen LogP contribution in [0.4, 0.5) is 11.4 Å². The summed E-state index contributed by atoms with van der Waals surface area (Å²) in [5.41, 5.74) is 0.633. The van der Waals surface area contributed by atoms with Crippen molar-refractivity contribution in [3.8, 4) is 6.07 Å². The molecule has 0 atom stereocenters. The van der Waals surface area contributed by atoms with E-state index < -0.39 is 4.92 Å². The number of anilines is 1. The molecule has 1 N–H and O–H groups in total. The van der Waals surface area contributed by atoms with Gasteiger partial charge in [-0.05, 0) is 6.07 Å². The second kappa shape index (κ2) is 5.14. The van der Waals surface area contributed by atoms with Crippen LogP contribution in [0, 0.1) is 21.4 Å². The Morgan fingerprint density at radius 3 is 2.95 bits per heavy atom. The first-order valence-corrected chi connectivity index (χ1v) is 5.37. The first-order valence-electron chi connectivity index (χ1n) is 5.37. The van der Waals surface area contributed by atoms with E-state index >= 15 is 0 Å². The van der Waals surface area contributed by atoms with Crippen LogP contribution < -0.4 is 5.32 Å². The average Bonchev–Trinajstić information content (AvgIpc) is 2.81. The van der Waals surface area contributed by atoms with Gasteiger partial charge in [0.25, 0.3) is 5.69 Å². The first-order chi connectivity index (χ1) is 9.11. The van der Waals surface area contributed by atoms with Gasteiger partial charge in [-0.15, -0.1) is 0 Å². The smallest absolute Gasteiger partial charge is 0.270 e. The predicted molar refractivity (Wildman–Crippen MR) is 66.1 cm³/mol. The van der Waals surface area contributed by atoms with Crippen molar-refractivity contribution in [3.63, 3.8) is 0 Å². The zero-order chi connectivity index (χ0) is 13.8. The summed E-state index contributed by atoms with van der Waals surface area (Å²) in [6.45, 7) is 0.378. The second-order valence-electron chi connectivity index (χ2n) is 3.75. The summed E-state index contributed by atoms with van der Waals surface area (Å²) in [5.74, 6) is 0.697. The van der Waals surface area contributed by atoms with Gasteiger partial charge in [-0.3, -0.25) is 14.8 Å². The Kier molecular flexibility index (Phi) is 3.38. The number of hydrogen-bond acceptors (Lipinski definition) is 6. The summed E-state index contributed by atoms with van der Waals surface area (Å²) in [4.78, 5) is 14.1. The van der Waals surface area contributed by atoms with Crippen molar-refractivity contribution in [3.05, 3.63) is 46.0 Å². The Hall–Kier alpha value is -2.95. The Morgan fingerprint density at radius 2 is 2.37 bits per heavy atom. The van der Waals surface area contributed by atoms with Gasteiger partial charge in [0.2, 0.25) is 0 Å². The van der Waals surface area contributed by atoms with Crippen molar-refractivity contribution < 1.29 is 4.92 Å². The van der Waals surface area contributed by atoms with E-state index in [1.165, 1.54) is 24.5 Å². The van der Waals surface area contributed by atoms with Crippen LogP contribution in [-0.4, -0.2) is 19.7 Å². The zero-order valence-corrected chi connectivity index (χ0v) is 10.1. The number of aryl methyl sites for hydroxylation is 1. The molecule has 0 saturated carbocycles. The highest BCUT2D eigenvalue weighted by molar-refractivity contribution is 5.61. The minimum absolute atomic E-state index is 0.110. The fourth-order valence-electron chi connectivity index (χ4n) is 1.55. The minimum atomic E-state index is -0.534. The van der Waals surface area contributed by atoms with Gasteiger partial charge in [0, 0.05) is 19.2 Å². The van der Waals surface area contributed by atoms with Gasteiger partial charge in [0.15, 0.2) is 0 Å². The number of rotatable bonds is 4. The largest absolute Gasteiger partial charge is 0.377 e. The Labute approximate surface area is 108 Å². The van der Waals surface area contributed by atoms with Gasteiger partial charge >= 0.3 is 0 Å². The molecule has 1 heterocycles. The highest BCUT2D eigenvalue weighted by Gasteiger charge is 2.11. The Morgan fingerprint density at radius 1 is 1.58 bits per heavy atom. The number of non-ortho nitro benzene ring substituents is 1. The van der Waals surface area contributed by atoms with Crippen LogP contribution in [0.25, 0.3) is 0 Å². The van der Waals surface area contributed by atoms with E-state index in [1.54, 1.807) is 11.7 Å². The van der Waals surface area contributed by atoms with E-state index in [0.29, 0.717) is 18.1 Å². The number of nitro benzene ring substituents is 1. The van der Waals surface area contributed by atoms with Crippen LogP contribution in [0.5, 0.6) is 0 Å². The van der Waals surface area contributed by atoms with Crippen molar-refractivity contribution in [2.24, 2.45) is 7.05 Å². The van der Waals surface area contributed by atoms with Crippen molar-refractivity contribution in [2.45, 2.75) is 6.54 Å². The molecule has 0 radical (unpaired) electrons. The molecule has 0 aliphatic carbocycles. The average molecular weight is 258 g/mol. The summed E-state index contributed by atoms with van der Waals surface area (Å²) in [6.07, 6.45) is 1.43. The zero-order valence-electron chi connectivity index (χ0n) is 10.1. The molecule has 0 amide bonds. The lowest BCUT2D eigenvalue weighted by Crippen LogP contribution is -2.07. The van der Waals surface area contributed by atoms with Gasteiger partial charge in [0.1, 0.15) is 18.2 Å². The summed E-state index contributed by atoms with van der Waals surface area (Å²) < 4.78 is 1.60. The lowest BCUT2D eigenvalue weighted by atomic mass is 10.1. The molecule has 2 rings (SSSR count). The van der Waals surface area contributed by atoms with Gasteiger partial charge < -0.3 is 5.32 Å². The third-order valence-corrected chi connectivity index (χ3v) is 2.58. The van der Waals surface area contributed by atoms with Crippen LogP contribution >= 0.6 is 0 Å². The Bertz CT molecular complexity index is 657. The summed E-state index contributed by atoms with van der Waals surface area (Å²) in [7, 11) is 1.76. The maximum absolute atomic E-state index is 10.6. The molecule has 8 nitrogen and oxygen atoms in total. The monoisotopic (exact) mass is 258 g/mol. The molecular formula is C11H10N6O2. The van der Waals surface area contributed by atoms with Crippen molar-refractivity contribution >= 4 is 11.4 Å². The quantitative estimate of drug-likeness (QED) is 0.651. The number of nitro groups is 1. The van der Waals surface area contributed by atoms with E-state index in [2.05, 4.69) is 15.4 Å². The van der Waals surface area contributed by atoms with Gasteiger partial charge in [-0.1, -0.05) is 0 Å². The number of nitrogens with one attached hydrogen (secondary N) is 1. The topological polar surface area (TPSA) is 110 Å². The number of nitrogens with zero attached hydrogens (tertiary/aromatic N) is 5. The number of aromatic nitrogens is 3. The summed E-state index contributed by atoms with van der Waals surface area (Å²) in [6, 6.07) is 6.01. The highest BCUT2D eigenvalue weighted by Crippen LogP contribution is 2.21. The maximum atomic E-state index is 10.6. The van der Waals surface area contributed by atoms with E-state index in [1.807, 2.05) is 6.07 Å². The molecule has 1 aromatic heterocycles. The van der Waals surface area contributed by atoms with Crippen molar-refractivity contribution in [1.29, 1.82) is 5.26 Å². The van der Waals surface area contributed by atoms with E-state index in [9.17, 15) is 10.1 Å². The van der Waals surface area contributed by atoms with Crippen molar-refractivity contribution in [1.82, 2.24) is 14.8 Å². The highest BCUT2D eigenvalue weighted by atomic mass is 16.6. The molecule has 0 saturated heterocycles. The number of hydrogen-bond donors (Lipinski definition) is 1. The summed E-state index contributed by atoms with van der Waals surface area (Å²) >= 11 is 0. The molecule has 19 heavy (non-hydrogen) atoms. The predicted octanol–water partition coefficient (Wildman–Crippen LogP) is 1.21. The summed E-state index contributed by atoms with van der Waals surface area (Å²) in [5, 5.41) is 26.5. The van der Waals surface area contributed by atoms with Gasteiger partial charge in [0.05, 0.1) is 22.7 Å². The molecule has 0 spiro atoms. The molecular weight excluding hydrogens is 248 g/mol. The van der Waals surface area contributed by atoms with Crippen LogP contribution in [0.15, 0.2) is 24.5 Å². The molecule has 8 heteroatoms. The van der Waals surface area contributed by atoms with E-state index in [-0.39, 0.29) is 11.3 Å². The number of benzene rings is 1.